The maximum atomic E-state index is 12.6. The summed E-state index contributed by atoms with van der Waals surface area (Å²) in [7, 11) is -2.36. The van der Waals surface area contributed by atoms with E-state index in [2.05, 4.69) is 29.3 Å². The molecule has 0 aromatic heterocycles. The minimum atomic E-state index is -3.75. The zero-order valence-corrected chi connectivity index (χ0v) is 18.9. The van der Waals surface area contributed by atoms with Gasteiger partial charge in [0.25, 0.3) is 0 Å². The van der Waals surface area contributed by atoms with E-state index in [1.807, 2.05) is 12.1 Å². The Balaban J connectivity index is 1.52. The molecule has 8 heteroatoms. The zero-order valence-electron chi connectivity index (χ0n) is 17.3. The van der Waals surface area contributed by atoms with E-state index in [9.17, 15) is 13.2 Å². The molecule has 0 unspecified atom stereocenters. The molecule has 0 spiro atoms. The summed E-state index contributed by atoms with van der Waals surface area (Å²) < 4.78 is 26.2. The van der Waals surface area contributed by atoms with E-state index in [0.29, 0.717) is 17.5 Å². The highest BCUT2D eigenvalue weighted by Crippen LogP contribution is 2.23. The highest BCUT2D eigenvalue weighted by Gasteiger charge is 2.23. The van der Waals surface area contributed by atoms with Crippen LogP contribution in [0.25, 0.3) is 0 Å². The summed E-state index contributed by atoms with van der Waals surface area (Å²) in [6.07, 6.45) is 2.49. The summed E-state index contributed by atoms with van der Waals surface area (Å²) in [6.45, 7) is 4.53. The second-order valence-electron chi connectivity index (χ2n) is 7.85. The predicted molar refractivity (Wildman–Crippen MR) is 120 cm³/mol. The second-order valence-corrected chi connectivity index (χ2v) is 10.3. The molecule has 1 aliphatic rings. The lowest BCUT2D eigenvalue weighted by atomic mass is 9.99. The van der Waals surface area contributed by atoms with Gasteiger partial charge in [0.1, 0.15) is 0 Å². The summed E-state index contributed by atoms with van der Waals surface area (Å²) in [5.41, 5.74) is 2.17. The lowest BCUT2D eigenvalue weighted by Gasteiger charge is -2.32. The molecule has 1 amide bonds. The van der Waals surface area contributed by atoms with Crippen molar-refractivity contribution in [3.63, 3.8) is 0 Å². The van der Waals surface area contributed by atoms with Gasteiger partial charge >= 0.3 is 0 Å². The quantitative estimate of drug-likeness (QED) is 0.702. The number of carbonyl (C=O) groups is 1. The summed E-state index contributed by atoms with van der Waals surface area (Å²) in [4.78, 5) is 14.8. The molecule has 0 bridgehead atoms. The Labute approximate surface area is 183 Å². The fourth-order valence-corrected chi connectivity index (χ4v) is 4.83. The first-order valence-corrected chi connectivity index (χ1v) is 11.9. The van der Waals surface area contributed by atoms with E-state index in [0.717, 1.165) is 23.0 Å². The van der Waals surface area contributed by atoms with Gasteiger partial charge in [-0.1, -0.05) is 30.7 Å². The Morgan fingerprint density at radius 2 is 1.83 bits per heavy atom. The highest BCUT2D eigenvalue weighted by atomic mass is 35.5. The van der Waals surface area contributed by atoms with Crippen molar-refractivity contribution in [1.82, 2.24) is 9.62 Å². The van der Waals surface area contributed by atoms with Crippen molar-refractivity contribution < 1.29 is 13.2 Å². The first kappa shape index (κ1) is 22.6. The SMILES string of the molecule is C[C@H]1CCCN(c2ccc(CNC(=O)CN(C)S(=O)(=O)c3ccc(Cl)cc3)cc2)C1. The molecule has 0 radical (unpaired) electrons. The lowest BCUT2D eigenvalue weighted by Crippen LogP contribution is -2.38. The molecule has 0 saturated carbocycles. The van der Waals surface area contributed by atoms with Crippen LogP contribution < -0.4 is 10.2 Å². The topological polar surface area (TPSA) is 69.7 Å². The predicted octanol–water partition coefficient (Wildman–Crippen LogP) is 3.51. The van der Waals surface area contributed by atoms with Gasteiger partial charge in [0.15, 0.2) is 0 Å². The van der Waals surface area contributed by atoms with Crippen LogP contribution >= 0.6 is 11.6 Å². The van der Waals surface area contributed by atoms with Crippen LogP contribution in [0.4, 0.5) is 5.69 Å². The van der Waals surface area contributed by atoms with Crippen LogP contribution in [0.3, 0.4) is 0 Å². The Bertz CT molecular complexity index is 962. The van der Waals surface area contributed by atoms with Crippen LogP contribution in [0.2, 0.25) is 5.02 Å². The fraction of sp³-hybridized carbons (Fsp3) is 0.409. The number of nitrogens with zero attached hydrogens (tertiary/aromatic N) is 2. The number of halogens is 1. The number of hydrogen-bond donors (Lipinski definition) is 1. The molecule has 1 atom stereocenters. The van der Waals surface area contributed by atoms with Crippen LogP contribution in [0.5, 0.6) is 0 Å². The molecule has 6 nitrogen and oxygen atoms in total. The summed E-state index contributed by atoms with van der Waals surface area (Å²) in [5.74, 6) is 0.350. The molecule has 30 heavy (non-hydrogen) atoms. The Morgan fingerprint density at radius 1 is 1.17 bits per heavy atom. The van der Waals surface area contributed by atoms with Crippen molar-refractivity contribution in [2.45, 2.75) is 31.2 Å². The van der Waals surface area contributed by atoms with E-state index in [-0.39, 0.29) is 17.3 Å². The Morgan fingerprint density at radius 3 is 2.47 bits per heavy atom. The molecule has 1 saturated heterocycles. The van der Waals surface area contributed by atoms with Gasteiger partial charge in [-0.15, -0.1) is 0 Å². The van der Waals surface area contributed by atoms with E-state index >= 15 is 0 Å². The summed E-state index contributed by atoms with van der Waals surface area (Å²) in [5, 5.41) is 3.24. The average Bonchev–Trinajstić information content (AvgIpc) is 2.73. The Hall–Kier alpha value is -2.09. The molecular formula is C22H28ClN3O3S. The molecule has 0 aliphatic carbocycles. The van der Waals surface area contributed by atoms with Crippen molar-refractivity contribution in [1.29, 1.82) is 0 Å². The second kappa shape index (κ2) is 9.81. The Kier molecular flexibility index (Phi) is 7.39. The third-order valence-electron chi connectivity index (χ3n) is 5.34. The fourth-order valence-electron chi connectivity index (χ4n) is 3.58. The molecule has 1 fully saturated rings. The lowest BCUT2D eigenvalue weighted by molar-refractivity contribution is -0.121. The molecule has 162 valence electrons. The van der Waals surface area contributed by atoms with Crippen LogP contribution in [-0.4, -0.2) is 45.3 Å². The standard InChI is InChI=1S/C22H28ClN3O3S/c1-17-4-3-13-26(15-17)20-9-5-18(6-10-20)14-24-22(27)16-25(2)30(28,29)21-11-7-19(23)8-12-21/h5-12,17H,3-4,13-16H2,1-2H3,(H,24,27)/t17-/m0/s1. The molecule has 1 heterocycles. The number of nitrogens with one attached hydrogen (secondary N) is 1. The number of hydrogen-bond acceptors (Lipinski definition) is 4. The summed E-state index contributed by atoms with van der Waals surface area (Å²) in [6, 6.07) is 14.0. The highest BCUT2D eigenvalue weighted by molar-refractivity contribution is 7.89. The number of benzene rings is 2. The number of carbonyl (C=O) groups excluding carboxylic acids is 1. The van der Waals surface area contributed by atoms with Gasteiger partial charge in [0.2, 0.25) is 15.9 Å². The largest absolute Gasteiger partial charge is 0.371 e. The molecule has 2 aromatic rings. The smallest absolute Gasteiger partial charge is 0.243 e. The van der Waals surface area contributed by atoms with E-state index in [1.54, 1.807) is 0 Å². The first-order chi connectivity index (χ1) is 14.3. The monoisotopic (exact) mass is 449 g/mol. The average molecular weight is 450 g/mol. The van der Waals surface area contributed by atoms with Crippen molar-refractivity contribution in [2.75, 3.05) is 31.6 Å². The van der Waals surface area contributed by atoms with E-state index < -0.39 is 10.0 Å². The number of amides is 1. The van der Waals surface area contributed by atoms with Gasteiger partial charge in [-0.2, -0.15) is 4.31 Å². The summed E-state index contributed by atoms with van der Waals surface area (Å²) >= 11 is 5.81. The first-order valence-electron chi connectivity index (χ1n) is 10.1. The number of sulfonamides is 1. The van der Waals surface area contributed by atoms with Crippen LogP contribution in [0, 0.1) is 5.92 Å². The van der Waals surface area contributed by atoms with Gasteiger partial charge in [0.05, 0.1) is 11.4 Å². The van der Waals surface area contributed by atoms with Gasteiger partial charge in [-0.05, 0) is 60.7 Å². The van der Waals surface area contributed by atoms with Crippen LogP contribution in [0.1, 0.15) is 25.3 Å². The van der Waals surface area contributed by atoms with Gasteiger partial charge in [-0.3, -0.25) is 4.79 Å². The van der Waals surface area contributed by atoms with Crippen molar-refractivity contribution in [2.24, 2.45) is 5.92 Å². The molecule has 3 rings (SSSR count). The number of piperidine rings is 1. The minimum Gasteiger partial charge on any atom is -0.371 e. The van der Waals surface area contributed by atoms with Crippen molar-refractivity contribution >= 4 is 33.2 Å². The maximum absolute atomic E-state index is 12.6. The minimum absolute atomic E-state index is 0.102. The maximum Gasteiger partial charge on any atom is 0.243 e. The van der Waals surface area contributed by atoms with Crippen LogP contribution in [0.15, 0.2) is 53.4 Å². The van der Waals surface area contributed by atoms with Crippen molar-refractivity contribution in [3.05, 3.63) is 59.1 Å². The normalized spacial score (nSPS) is 17.2. The van der Waals surface area contributed by atoms with Gasteiger partial charge in [-0.25, -0.2) is 8.42 Å². The number of anilines is 1. The molecule has 2 aromatic carbocycles. The number of likely N-dealkylation sites (N-methyl/N-ethyl adjacent to an activating group) is 1. The van der Waals surface area contributed by atoms with Crippen LogP contribution in [-0.2, 0) is 21.4 Å². The van der Waals surface area contributed by atoms with Crippen molar-refractivity contribution in [3.8, 4) is 0 Å². The zero-order chi connectivity index (χ0) is 21.7. The molecular weight excluding hydrogens is 422 g/mol. The van der Waals surface area contributed by atoms with E-state index in [1.165, 1.54) is 49.8 Å². The molecule has 1 aliphatic heterocycles. The third kappa shape index (κ3) is 5.74. The number of rotatable bonds is 7. The van der Waals surface area contributed by atoms with Gasteiger partial charge < -0.3 is 10.2 Å². The third-order valence-corrected chi connectivity index (χ3v) is 7.41. The van der Waals surface area contributed by atoms with E-state index in [4.69, 9.17) is 11.6 Å². The molecule has 1 N–H and O–H groups in total. The van der Waals surface area contributed by atoms with Gasteiger partial charge in [0, 0.05) is 37.4 Å².